The van der Waals surface area contributed by atoms with Gasteiger partial charge in [-0.2, -0.15) is 0 Å². The first-order chi connectivity index (χ1) is 25.8. The number of aromatic nitrogens is 2. The lowest BCUT2D eigenvalue weighted by Gasteiger charge is -2.17. The molecule has 11 rings (SSSR count). The molecule has 0 N–H and O–H groups in total. The van der Waals surface area contributed by atoms with Crippen molar-refractivity contribution in [1.29, 1.82) is 0 Å². The maximum Gasteiger partial charge on any atom is 0.0553 e. The van der Waals surface area contributed by atoms with E-state index >= 15 is 0 Å². The summed E-state index contributed by atoms with van der Waals surface area (Å²) in [6.07, 6.45) is 0. The second-order valence-corrected chi connectivity index (χ2v) is 13.7. The van der Waals surface area contributed by atoms with E-state index in [4.69, 9.17) is 0 Å². The maximum absolute atomic E-state index is 2.50. The average Bonchev–Trinajstić information content (AvgIpc) is 3.74. The van der Waals surface area contributed by atoms with Crippen LogP contribution in [0.4, 0.5) is 0 Å². The summed E-state index contributed by atoms with van der Waals surface area (Å²) in [7, 11) is 0. The quantitative estimate of drug-likeness (QED) is 0.166. The fourth-order valence-corrected chi connectivity index (χ4v) is 8.65. The van der Waals surface area contributed by atoms with Crippen LogP contribution in [0.2, 0.25) is 0 Å². The summed E-state index contributed by atoms with van der Waals surface area (Å²) >= 11 is 0. The van der Waals surface area contributed by atoms with Gasteiger partial charge in [0.15, 0.2) is 0 Å². The topological polar surface area (TPSA) is 8.82 Å². The van der Waals surface area contributed by atoms with Gasteiger partial charge < -0.3 is 8.80 Å². The number of rotatable bonds is 4. The normalized spacial score (nSPS) is 11.8. The molecule has 52 heavy (non-hydrogen) atoms. The lowest BCUT2D eigenvalue weighted by atomic mass is 9.94. The van der Waals surface area contributed by atoms with Gasteiger partial charge in [0.25, 0.3) is 0 Å². The third kappa shape index (κ3) is 4.19. The third-order valence-corrected chi connectivity index (χ3v) is 10.9. The number of hydrogen-bond donors (Lipinski definition) is 0. The molecular weight excluding hydrogens is 629 g/mol. The number of pyridine rings is 2. The van der Waals surface area contributed by atoms with Gasteiger partial charge >= 0.3 is 0 Å². The number of hydrogen-bond acceptors (Lipinski definition) is 0. The Hall–Kier alpha value is -6.90. The van der Waals surface area contributed by atoms with Crippen LogP contribution in [-0.4, -0.2) is 8.80 Å². The summed E-state index contributed by atoms with van der Waals surface area (Å²) < 4.78 is 5.00. The summed E-state index contributed by atoms with van der Waals surface area (Å²) in [5.41, 5.74) is 17.0. The maximum atomic E-state index is 2.50. The molecule has 11 aromatic rings. The fourth-order valence-electron chi connectivity index (χ4n) is 8.65. The predicted octanol–water partition coefficient (Wildman–Crippen LogP) is 13.5. The Balaban J connectivity index is 1.40. The minimum absolute atomic E-state index is 1.19. The van der Waals surface area contributed by atoms with Crippen molar-refractivity contribution in [2.75, 3.05) is 0 Å². The highest BCUT2D eigenvalue weighted by Crippen LogP contribution is 2.45. The number of benzene rings is 7. The van der Waals surface area contributed by atoms with Crippen molar-refractivity contribution in [3.63, 3.8) is 0 Å². The minimum Gasteiger partial charge on any atom is -0.309 e. The van der Waals surface area contributed by atoms with Gasteiger partial charge in [-0.05, 0) is 69.8 Å². The number of para-hydroxylation sites is 2. The molecule has 0 aliphatic rings. The van der Waals surface area contributed by atoms with E-state index in [-0.39, 0.29) is 0 Å². The van der Waals surface area contributed by atoms with Crippen LogP contribution >= 0.6 is 0 Å². The number of nitrogens with zero attached hydrogens (tertiary/aromatic N) is 2. The second-order valence-electron chi connectivity index (χ2n) is 13.7. The van der Waals surface area contributed by atoms with Crippen molar-refractivity contribution < 1.29 is 0 Å². The predicted molar refractivity (Wildman–Crippen MR) is 220 cm³/mol. The second kappa shape index (κ2) is 11.3. The van der Waals surface area contributed by atoms with Gasteiger partial charge in [0, 0.05) is 32.7 Å². The Morgan fingerprint density at radius 1 is 0.231 bits per heavy atom. The molecule has 0 saturated heterocycles. The molecule has 0 unspecified atom stereocenters. The molecule has 0 aliphatic heterocycles. The Morgan fingerprint density at radius 2 is 0.558 bits per heavy atom. The van der Waals surface area contributed by atoms with Crippen LogP contribution in [0.1, 0.15) is 0 Å². The SMILES string of the molecule is c1ccc(-c2cc3c(-c4ccccc4)c4ccccc4n3c3cc4c(-c5ccccc5)cc5c(-c6ccccc6)c6ccccc6n5c4cc23)cc1. The molecular formula is C50H32N2. The first kappa shape index (κ1) is 28.9. The third-order valence-electron chi connectivity index (χ3n) is 10.9. The summed E-state index contributed by atoms with van der Waals surface area (Å²) in [6.45, 7) is 0. The van der Waals surface area contributed by atoms with E-state index in [1.165, 1.54) is 99.2 Å². The molecule has 242 valence electrons. The Bertz CT molecular complexity index is 2920. The zero-order chi connectivity index (χ0) is 34.2. The van der Waals surface area contributed by atoms with Crippen LogP contribution in [0.25, 0.3) is 99.2 Å². The zero-order valence-corrected chi connectivity index (χ0v) is 28.4. The molecule has 0 fully saturated rings. The summed E-state index contributed by atoms with van der Waals surface area (Å²) in [4.78, 5) is 0. The van der Waals surface area contributed by atoms with Crippen LogP contribution in [0.3, 0.4) is 0 Å². The van der Waals surface area contributed by atoms with E-state index in [2.05, 4.69) is 203 Å². The standard InChI is InChI=1S/C50H32N2/c1-5-17-33(18-6-1)39-29-47-49(35-21-9-3-10-22-35)37-25-13-15-27-43(37)51(47)45-32-42-40(34-19-7-2-8-20-34)30-48-50(36-23-11-4-12-24-36)38-26-14-16-28-44(38)52(48)46(42)31-41(39)45/h1-32H. The molecule has 0 atom stereocenters. The zero-order valence-electron chi connectivity index (χ0n) is 28.4. The highest BCUT2D eigenvalue weighted by atomic mass is 14.9. The first-order valence-electron chi connectivity index (χ1n) is 17.9. The molecule has 0 bridgehead atoms. The lowest BCUT2D eigenvalue weighted by Crippen LogP contribution is -1.97. The van der Waals surface area contributed by atoms with Gasteiger partial charge in [-0.1, -0.05) is 158 Å². The van der Waals surface area contributed by atoms with Gasteiger partial charge in [-0.3, -0.25) is 0 Å². The van der Waals surface area contributed by atoms with Crippen LogP contribution in [0.15, 0.2) is 194 Å². The summed E-state index contributed by atoms with van der Waals surface area (Å²) in [6, 6.07) is 71.0. The molecule has 0 radical (unpaired) electrons. The van der Waals surface area contributed by atoms with Gasteiger partial charge in [0.2, 0.25) is 0 Å². The van der Waals surface area contributed by atoms with Crippen molar-refractivity contribution in [2.45, 2.75) is 0 Å². The highest BCUT2D eigenvalue weighted by Gasteiger charge is 2.22. The lowest BCUT2D eigenvalue weighted by molar-refractivity contribution is 1.31. The monoisotopic (exact) mass is 660 g/mol. The molecule has 0 spiro atoms. The Kier molecular flexibility index (Phi) is 6.28. The smallest absolute Gasteiger partial charge is 0.0553 e. The van der Waals surface area contributed by atoms with Gasteiger partial charge in [-0.25, -0.2) is 0 Å². The average molecular weight is 661 g/mol. The van der Waals surface area contributed by atoms with E-state index in [1.54, 1.807) is 0 Å². The van der Waals surface area contributed by atoms with Crippen LogP contribution < -0.4 is 0 Å². The Morgan fingerprint density at radius 3 is 0.942 bits per heavy atom. The largest absolute Gasteiger partial charge is 0.309 e. The van der Waals surface area contributed by atoms with Gasteiger partial charge in [0.1, 0.15) is 0 Å². The van der Waals surface area contributed by atoms with Crippen molar-refractivity contribution >= 4 is 54.6 Å². The molecule has 7 aromatic carbocycles. The molecule has 2 heteroatoms. The molecule has 0 amide bonds. The van der Waals surface area contributed by atoms with Crippen molar-refractivity contribution in [3.8, 4) is 44.5 Å². The van der Waals surface area contributed by atoms with E-state index in [0.717, 1.165) is 0 Å². The van der Waals surface area contributed by atoms with E-state index in [9.17, 15) is 0 Å². The molecule has 4 heterocycles. The highest BCUT2D eigenvalue weighted by molar-refractivity contribution is 6.17. The van der Waals surface area contributed by atoms with Crippen LogP contribution in [-0.2, 0) is 0 Å². The van der Waals surface area contributed by atoms with Gasteiger partial charge in [-0.15, -0.1) is 0 Å². The van der Waals surface area contributed by atoms with Crippen LogP contribution in [0, 0.1) is 0 Å². The van der Waals surface area contributed by atoms with Crippen molar-refractivity contribution in [1.82, 2.24) is 8.80 Å². The molecule has 0 saturated carbocycles. The van der Waals surface area contributed by atoms with E-state index in [1.807, 2.05) is 0 Å². The molecule has 2 nitrogen and oxygen atoms in total. The van der Waals surface area contributed by atoms with E-state index < -0.39 is 0 Å². The van der Waals surface area contributed by atoms with Crippen molar-refractivity contribution in [3.05, 3.63) is 194 Å². The molecule has 4 aromatic heterocycles. The summed E-state index contributed by atoms with van der Waals surface area (Å²) in [5.74, 6) is 0. The fraction of sp³-hybridized carbons (Fsp3) is 0. The molecule has 0 aliphatic carbocycles. The van der Waals surface area contributed by atoms with Crippen molar-refractivity contribution in [2.24, 2.45) is 0 Å². The van der Waals surface area contributed by atoms with E-state index in [0.29, 0.717) is 0 Å². The number of fused-ring (bicyclic) bond motifs is 10. The van der Waals surface area contributed by atoms with Gasteiger partial charge in [0.05, 0.1) is 33.1 Å². The summed E-state index contributed by atoms with van der Waals surface area (Å²) in [5, 5.41) is 4.94. The first-order valence-corrected chi connectivity index (χ1v) is 17.9. The van der Waals surface area contributed by atoms with Crippen LogP contribution in [0.5, 0.6) is 0 Å². The Labute approximate surface area is 301 Å². The minimum atomic E-state index is 1.19.